The van der Waals surface area contributed by atoms with E-state index >= 15 is 0 Å². The molecule has 0 aliphatic heterocycles. The largest absolute Gasteiger partial charge is 0.385 e. The molecular formula is C28H35N3. The third kappa shape index (κ3) is 6.45. The van der Waals surface area contributed by atoms with Crippen molar-refractivity contribution in [2.75, 3.05) is 30.3 Å². The van der Waals surface area contributed by atoms with Crippen molar-refractivity contribution in [2.45, 2.75) is 40.0 Å². The number of hydrogen-bond donors (Lipinski definition) is 2. The van der Waals surface area contributed by atoms with Gasteiger partial charge in [0.2, 0.25) is 0 Å². The molecule has 0 aromatic heterocycles. The zero-order valence-electron chi connectivity index (χ0n) is 19.1. The number of nitrogens with zero attached hydrogens (tertiary/aromatic N) is 1. The van der Waals surface area contributed by atoms with Gasteiger partial charge in [-0.2, -0.15) is 0 Å². The molecule has 1 aliphatic rings. The number of hydrogen-bond acceptors (Lipinski definition) is 3. The molecule has 0 bridgehead atoms. The normalized spacial score (nSPS) is 12.7. The van der Waals surface area contributed by atoms with Gasteiger partial charge in [-0.3, -0.25) is 4.99 Å². The topological polar surface area (TPSA) is 36.4 Å². The van der Waals surface area contributed by atoms with Crippen LogP contribution in [0.15, 0.2) is 83.4 Å². The van der Waals surface area contributed by atoms with Crippen molar-refractivity contribution in [3.05, 3.63) is 89.5 Å². The fourth-order valence-corrected chi connectivity index (χ4v) is 3.52. The number of benzene rings is 2. The third-order valence-electron chi connectivity index (χ3n) is 5.18. The van der Waals surface area contributed by atoms with Crippen LogP contribution in [0.25, 0.3) is 5.57 Å². The van der Waals surface area contributed by atoms with Crippen LogP contribution < -0.4 is 10.6 Å². The summed E-state index contributed by atoms with van der Waals surface area (Å²) in [5.41, 5.74) is 8.26. The van der Waals surface area contributed by atoms with Gasteiger partial charge in [0.05, 0.1) is 5.71 Å². The van der Waals surface area contributed by atoms with E-state index in [1.807, 2.05) is 0 Å². The van der Waals surface area contributed by atoms with Gasteiger partial charge >= 0.3 is 0 Å². The van der Waals surface area contributed by atoms with E-state index in [0.717, 1.165) is 56.0 Å². The first-order valence-electron chi connectivity index (χ1n) is 11.6. The summed E-state index contributed by atoms with van der Waals surface area (Å²) < 4.78 is 0. The molecule has 0 saturated carbocycles. The molecule has 2 aromatic carbocycles. The van der Waals surface area contributed by atoms with E-state index in [1.165, 1.54) is 22.3 Å². The smallest absolute Gasteiger partial charge is 0.0574 e. The van der Waals surface area contributed by atoms with Crippen molar-refractivity contribution in [1.82, 2.24) is 0 Å². The summed E-state index contributed by atoms with van der Waals surface area (Å²) in [4.78, 5) is 4.63. The molecule has 1 aliphatic carbocycles. The van der Waals surface area contributed by atoms with E-state index in [4.69, 9.17) is 0 Å². The lowest BCUT2D eigenvalue weighted by Gasteiger charge is -2.16. The van der Waals surface area contributed by atoms with Gasteiger partial charge in [-0.25, -0.2) is 0 Å². The lowest BCUT2D eigenvalue weighted by atomic mass is 9.90. The summed E-state index contributed by atoms with van der Waals surface area (Å²) in [6.45, 7) is 9.37. The van der Waals surface area contributed by atoms with Crippen molar-refractivity contribution in [1.29, 1.82) is 0 Å². The van der Waals surface area contributed by atoms with Crippen LogP contribution in [0.3, 0.4) is 0 Å². The van der Waals surface area contributed by atoms with Crippen LogP contribution in [-0.4, -0.2) is 25.3 Å². The minimum absolute atomic E-state index is 0.869. The Balaban J connectivity index is 1.96. The SMILES string of the molecule is CCCN=C1C=CC(=C(c2ccc(NCCC)cc2)c2ccc(NCCC)cc2)C=C1. The average molecular weight is 414 g/mol. The van der Waals surface area contributed by atoms with Gasteiger partial charge in [0.25, 0.3) is 0 Å². The lowest BCUT2D eigenvalue weighted by Crippen LogP contribution is -2.02. The fourth-order valence-electron chi connectivity index (χ4n) is 3.52. The summed E-state index contributed by atoms with van der Waals surface area (Å²) in [5.74, 6) is 0. The highest BCUT2D eigenvalue weighted by molar-refractivity contribution is 6.07. The zero-order chi connectivity index (χ0) is 21.9. The minimum Gasteiger partial charge on any atom is -0.385 e. The molecule has 3 rings (SSSR count). The van der Waals surface area contributed by atoms with Gasteiger partial charge in [0, 0.05) is 31.0 Å². The van der Waals surface area contributed by atoms with Crippen LogP contribution in [0.1, 0.15) is 51.2 Å². The predicted molar refractivity (Wildman–Crippen MR) is 137 cm³/mol. The van der Waals surface area contributed by atoms with Crippen LogP contribution in [-0.2, 0) is 0 Å². The molecule has 0 atom stereocenters. The highest BCUT2D eigenvalue weighted by Gasteiger charge is 2.11. The molecule has 2 aromatic rings. The Morgan fingerprint density at radius 2 is 1.13 bits per heavy atom. The number of rotatable bonds is 10. The Bertz CT molecular complexity index is 873. The van der Waals surface area contributed by atoms with Gasteiger partial charge in [0.1, 0.15) is 0 Å². The lowest BCUT2D eigenvalue weighted by molar-refractivity contribution is 0.934. The van der Waals surface area contributed by atoms with Crippen LogP contribution >= 0.6 is 0 Å². The monoisotopic (exact) mass is 413 g/mol. The van der Waals surface area contributed by atoms with Crippen LogP contribution in [0.5, 0.6) is 0 Å². The molecule has 0 spiro atoms. The first-order valence-corrected chi connectivity index (χ1v) is 11.6. The van der Waals surface area contributed by atoms with Crippen LogP contribution in [0, 0.1) is 0 Å². The standard InChI is InChI=1S/C28H35N3/c1-4-19-29-25-13-7-22(8-14-25)28(23-9-15-26(16-10-23)30-20-5-2)24-11-17-27(18-12-24)31-21-6-3/h7-18,29-30H,4-6,19-21H2,1-3H3. The Labute approximate surface area is 187 Å². The van der Waals surface area contributed by atoms with Crippen molar-refractivity contribution >= 4 is 22.7 Å². The Morgan fingerprint density at radius 3 is 1.55 bits per heavy atom. The molecule has 0 radical (unpaired) electrons. The second-order valence-electron chi connectivity index (χ2n) is 7.81. The maximum Gasteiger partial charge on any atom is 0.0574 e. The van der Waals surface area contributed by atoms with E-state index in [2.05, 4.69) is 109 Å². The molecule has 31 heavy (non-hydrogen) atoms. The van der Waals surface area contributed by atoms with Gasteiger partial charge in [-0.15, -0.1) is 0 Å². The number of aliphatic imine (C=N–C) groups is 1. The Kier molecular flexibility index (Phi) is 8.71. The molecule has 2 N–H and O–H groups in total. The Hall–Kier alpha value is -3.07. The second-order valence-corrected chi connectivity index (χ2v) is 7.81. The van der Waals surface area contributed by atoms with Gasteiger partial charge < -0.3 is 10.6 Å². The summed E-state index contributed by atoms with van der Waals surface area (Å²) in [6.07, 6.45) is 11.9. The van der Waals surface area contributed by atoms with Crippen molar-refractivity contribution < 1.29 is 0 Å². The zero-order valence-corrected chi connectivity index (χ0v) is 19.1. The van der Waals surface area contributed by atoms with Crippen LogP contribution in [0.2, 0.25) is 0 Å². The molecule has 0 heterocycles. The number of anilines is 2. The quantitative estimate of drug-likeness (QED) is 0.435. The predicted octanol–water partition coefficient (Wildman–Crippen LogP) is 7.11. The summed E-state index contributed by atoms with van der Waals surface area (Å²) in [6, 6.07) is 17.6. The molecule has 3 heteroatoms. The molecule has 0 fully saturated rings. The van der Waals surface area contributed by atoms with E-state index in [9.17, 15) is 0 Å². The van der Waals surface area contributed by atoms with Crippen LogP contribution in [0.4, 0.5) is 11.4 Å². The van der Waals surface area contributed by atoms with Crippen molar-refractivity contribution in [2.24, 2.45) is 4.99 Å². The summed E-state index contributed by atoms with van der Waals surface area (Å²) in [5, 5.41) is 6.93. The molecule has 0 saturated heterocycles. The maximum atomic E-state index is 4.63. The van der Waals surface area contributed by atoms with Gasteiger partial charge in [-0.05, 0) is 78.0 Å². The number of nitrogens with one attached hydrogen (secondary N) is 2. The van der Waals surface area contributed by atoms with E-state index in [1.54, 1.807) is 0 Å². The first kappa shape index (κ1) is 22.6. The molecule has 162 valence electrons. The fraction of sp³-hybridized carbons (Fsp3) is 0.321. The van der Waals surface area contributed by atoms with E-state index in [-0.39, 0.29) is 0 Å². The van der Waals surface area contributed by atoms with E-state index in [0.29, 0.717) is 0 Å². The highest BCUT2D eigenvalue weighted by atomic mass is 14.9. The highest BCUT2D eigenvalue weighted by Crippen LogP contribution is 2.31. The van der Waals surface area contributed by atoms with Gasteiger partial charge in [0.15, 0.2) is 0 Å². The van der Waals surface area contributed by atoms with E-state index < -0.39 is 0 Å². The molecular weight excluding hydrogens is 378 g/mol. The van der Waals surface area contributed by atoms with Crippen molar-refractivity contribution in [3.8, 4) is 0 Å². The molecule has 3 nitrogen and oxygen atoms in total. The molecule has 0 unspecified atom stereocenters. The van der Waals surface area contributed by atoms with Gasteiger partial charge in [-0.1, -0.05) is 57.2 Å². The third-order valence-corrected chi connectivity index (χ3v) is 5.18. The minimum atomic E-state index is 0.869. The summed E-state index contributed by atoms with van der Waals surface area (Å²) >= 11 is 0. The average Bonchev–Trinajstić information content (AvgIpc) is 2.82. The second kappa shape index (κ2) is 11.9. The molecule has 0 amide bonds. The Morgan fingerprint density at radius 1 is 0.645 bits per heavy atom. The maximum absolute atomic E-state index is 4.63. The summed E-state index contributed by atoms with van der Waals surface area (Å²) in [7, 11) is 0. The number of allylic oxidation sites excluding steroid dienone is 5. The van der Waals surface area contributed by atoms with Crippen molar-refractivity contribution in [3.63, 3.8) is 0 Å². The first-order chi connectivity index (χ1) is 15.2.